The Morgan fingerprint density at radius 1 is 1.08 bits per heavy atom. The summed E-state index contributed by atoms with van der Waals surface area (Å²) in [6.45, 7) is 5.35. The number of methoxy groups -OCH3 is 1. The van der Waals surface area contributed by atoms with Gasteiger partial charge in [0.05, 0.1) is 35.1 Å². The zero-order chi connectivity index (χ0) is 19.2. The molecule has 0 fully saturated rings. The molecule has 136 valence electrons. The van der Waals surface area contributed by atoms with Gasteiger partial charge in [-0.15, -0.1) is 0 Å². The van der Waals surface area contributed by atoms with E-state index in [0.717, 1.165) is 0 Å². The zero-order valence-electron chi connectivity index (χ0n) is 15.5. The van der Waals surface area contributed by atoms with Crippen LogP contribution in [-0.2, 0) is 18.8 Å². The van der Waals surface area contributed by atoms with Gasteiger partial charge in [-0.1, -0.05) is 0 Å². The molecule has 9 nitrogen and oxygen atoms in total. The van der Waals surface area contributed by atoms with Gasteiger partial charge in [-0.2, -0.15) is 10.2 Å². The molecule has 26 heavy (non-hydrogen) atoms. The molecule has 0 aliphatic carbocycles. The van der Waals surface area contributed by atoms with Gasteiger partial charge in [-0.3, -0.25) is 14.2 Å². The first-order valence-electron chi connectivity index (χ1n) is 7.98. The van der Waals surface area contributed by atoms with Crippen LogP contribution in [0.4, 0.5) is 5.69 Å². The normalized spacial score (nSPS) is 11.0. The quantitative estimate of drug-likeness (QED) is 0.716. The van der Waals surface area contributed by atoms with Crippen molar-refractivity contribution < 1.29 is 14.3 Å². The van der Waals surface area contributed by atoms with Crippen LogP contribution in [0, 0.1) is 20.8 Å². The molecular formula is C17H20N6O3. The average molecular weight is 356 g/mol. The second-order valence-corrected chi connectivity index (χ2v) is 6.10. The second-order valence-electron chi connectivity index (χ2n) is 6.10. The topological polar surface area (TPSA) is 104 Å². The maximum atomic E-state index is 13.0. The van der Waals surface area contributed by atoms with Crippen molar-refractivity contribution in [3.05, 3.63) is 34.4 Å². The highest BCUT2D eigenvalue weighted by atomic mass is 16.5. The predicted molar refractivity (Wildman–Crippen MR) is 95.2 cm³/mol. The van der Waals surface area contributed by atoms with E-state index in [4.69, 9.17) is 4.74 Å². The summed E-state index contributed by atoms with van der Waals surface area (Å²) in [6, 6.07) is 1.70. The summed E-state index contributed by atoms with van der Waals surface area (Å²) < 4.78 is 7.83. The van der Waals surface area contributed by atoms with E-state index in [-0.39, 0.29) is 11.6 Å². The van der Waals surface area contributed by atoms with E-state index in [1.807, 2.05) is 13.8 Å². The standard InChI is InChI=1S/C17H20N6O3/c1-8-7-11(12-9(2)20-23(5)15(12)18-8)16(24)19-13-10(3)21-22(4)14(13)17(25)26-6/h7H,1-6H3,(H,19,24). The number of esters is 1. The Morgan fingerprint density at radius 2 is 1.73 bits per heavy atom. The molecule has 0 bridgehead atoms. The van der Waals surface area contributed by atoms with E-state index in [2.05, 4.69) is 20.5 Å². The number of ether oxygens (including phenoxy) is 1. The van der Waals surface area contributed by atoms with Crippen LogP contribution in [0.3, 0.4) is 0 Å². The fourth-order valence-electron chi connectivity index (χ4n) is 3.07. The molecule has 0 unspecified atom stereocenters. The van der Waals surface area contributed by atoms with E-state index in [0.29, 0.717) is 39.4 Å². The Bertz CT molecular complexity index is 1050. The van der Waals surface area contributed by atoms with Crippen molar-refractivity contribution in [1.82, 2.24) is 24.5 Å². The monoisotopic (exact) mass is 356 g/mol. The van der Waals surface area contributed by atoms with Crippen molar-refractivity contribution in [2.24, 2.45) is 14.1 Å². The molecule has 3 heterocycles. The Kier molecular flexibility index (Phi) is 4.23. The summed E-state index contributed by atoms with van der Waals surface area (Å²) in [7, 11) is 4.68. The molecule has 0 aliphatic rings. The number of aromatic nitrogens is 5. The smallest absolute Gasteiger partial charge is 0.358 e. The highest BCUT2D eigenvalue weighted by molar-refractivity contribution is 6.14. The minimum atomic E-state index is -0.572. The number of anilines is 1. The lowest BCUT2D eigenvalue weighted by Crippen LogP contribution is -2.17. The van der Waals surface area contributed by atoms with E-state index < -0.39 is 5.97 Å². The number of aryl methyl sites for hydroxylation is 5. The van der Waals surface area contributed by atoms with Gasteiger partial charge >= 0.3 is 5.97 Å². The number of rotatable bonds is 3. The Hall–Kier alpha value is -3.23. The molecule has 0 spiro atoms. The van der Waals surface area contributed by atoms with Gasteiger partial charge in [0.15, 0.2) is 11.3 Å². The molecule has 0 atom stereocenters. The number of pyridine rings is 1. The number of hydrogen-bond acceptors (Lipinski definition) is 6. The van der Waals surface area contributed by atoms with Gasteiger partial charge < -0.3 is 10.1 Å². The van der Waals surface area contributed by atoms with Crippen LogP contribution in [-0.4, -0.2) is 43.5 Å². The third-order valence-electron chi connectivity index (χ3n) is 4.18. The van der Waals surface area contributed by atoms with Crippen LogP contribution in [0.2, 0.25) is 0 Å². The summed E-state index contributed by atoms with van der Waals surface area (Å²) in [4.78, 5) is 29.5. The molecule has 0 aromatic carbocycles. The first-order chi connectivity index (χ1) is 12.2. The average Bonchev–Trinajstić information content (AvgIpc) is 3.02. The van der Waals surface area contributed by atoms with Crippen molar-refractivity contribution in [2.45, 2.75) is 20.8 Å². The molecule has 3 aromatic heterocycles. The van der Waals surface area contributed by atoms with Crippen LogP contribution in [0.1, 0.15) is 37.9 Å². The molecule has 3 aromatic rings. The molecule has 0 saturated carbocycles. The van der Waals surface area contributed by atoms with Crippen molar-refractivity contribution in [3.8, 4) is 0 Å². The predicted octanol–water partition coefficient (Wildman–Crippen LogP) is 1.67. The molecule has 0 radical (unpaired) electrons. The lowest BCUT2D eigenvalue weighted by Gasteiger charge is -2.09. The summed E-state index contributed by atoms with van der Waals surface area (Å²) in [5, 5.41) is 12.0. The molecule has 1 N–H and O–H groups in total. The Morgan fingerprint density at radius 3 is 2.38 bits per heavy atom. The SMILES string of the molecule is COC(=O)c1c(NC(=O)c2cc(C)nc3c2c(C)nn3C)c(C)nn1C. The minimum Gasteiger partial charge on any atom is -0.464 e. The van der Waals surface area contributed by atoms with Crippen molar-refractivity contribution in [1.29, 1.82) is 0 Å². The van der Waals surface area contributed by atoms with Gasteiger partial charge in [-0.05, 0) is 26.8 Å². The number of nitrogens with zero attached hydrogens (tertiary/aromatic N) is 5. The van der Waals surface area contributed by atoms with E-state index >= 15 is 0 Å². The highest BCUT2D eigenvalue weighted by Gasteiger charge is 2.24. The minimum absolute atomic E-state index is 0.184. The fourth-order valence-corrected chi connectivity index (χ4v) is 3.07. The van der Waals surface area contributed by atoms with E-state index in [1.165, 1.54) is 11.8 Å². The number of nitrogens with one attached hydrogen (secondary N) is 1. The van der Waals surface area contributed by atoms with Crippen LogP contribution < -0.4 is 5.32 Å². The molecule has 1 amide bonds. The van der Waals surface area contributed by atoms with Crippen LogP contribution in [0.25, 0.3) is 11.0 Å². The van der Waals surface area contributed by atoms with Gasteiger partial charge in [0.1, 0.15) is 0 Å². The summed E-state index contributed by atoms with van der Waals surface area (Å²) in [6.07, 6.45) is 0. The zero-order valence-corrected chi connectivity index (χ0v) is 15.5. The molecular weight excluding hydrogens is 336 g/mol. The van der Waals surface area contributed by atoms with Gasteiger partial charge in [-0.25, -0.2) is 9.78 Å². The van der Waals surface area contributed by atoms with Gasteiger partial charge in [0, 0.05) is 19.8 Å². The third-order valence-corrected chi connectivity index (χ3v) is 4.18. The molecule has 0 aliphatic heterocycles. The molecule has 3 rings (SSSR count). The number of amides is 1. The summed E-state index contributed by atoms with van der Waals surface area (Å²) >= 11 is 0. The largest absolute Gasteiger partial charge is 0.464 e. The Balaban J connectivity index is 2.11. The van der Waals surface area contributed by atoms with Gasteiger partial charge in [0.25, 0.3) is 5.91 Å². The van der Waals surface area contributed by atoms with Crippen LogP contribution >= 0.6 is 0 Å². The Labute approximate surface area is 150 Å². The lowest BCUT2D eigenvalue weighted by molar-refractivity contribution is 0.0589. The summed E-state index contributed by atoms with van der Waals surface area (Å²) in [5.74, 6) is -0.935. The highest BCUT2D eigenvalue weighted by Crippen LogP contribution is 2.25. The molecule has 9 heteroatoms. The first kappa shape index (κ1) is 17.6. The number of carbonyl (C=O) groups excluding carboxylic acids is 2. The van der Waals surface area contributed by atoms with Crippen molar-refractivity contribution >= 4 is 28.6 Å². The lowest BCUT2D eigenvalue weighted by atomic mass is 10.1. The second kappa shape index (κ2) is 6.25. The third kappa shape index (κ3) is 2.71. The number of hydrogen-bond donors (Lipinski definition) is 1. The van der Waals surface area contributed by atoms with Crippen molar-refractivity contribution in [3.63, 3.8) is 0 Å². The van der Waals surface area contributed by atoms with Crippen LogP contribution in [0.15, 0.2) is 6.07 Å². The van der Waals surface area contributed by atoms with Crippen LogP contribution in [0.5, 0.6) is 0 Å². The maximum absolute atomic E-state index is 13.0. The maximum Gasteiger partial charge on any atom is 0.358 e. The van der Waals surface area contributed by atoms with E-state index in [1.54, 1.807) is 31.8 Å². The van der Waals surface area contributed by atoms with Crippen molar-refractivity contribution in [2.75, 3.05) is 12.4 Å². The first-order valence-corrected chi connectivity index (χ1v) is 7.98. The van der Waals surface area contributed by atoms with E-state index in [9.17, 15) is 9.59 Å². The number of carbonyl (C=O) groups is 2. The number of fused-ring (bicyclic) bond motifs is 1. The summed E-state index contributed by atoms with van der Waals surface area (Å²) in [5.41, 5.74) is 3.50. The molecule has 0 saturated heterocycles. The fraction of sp³-hybridized carbons (Fsp3) is 0.353. The van der Waals surface area contributed by atoms with Gasteiger partial charge in [0.2, 0.25) is 0 Å².